The molecule has 0 unspecified atom stereocenters. The maximum atomic E-state index is 6.80. The minimum absolute atomic E-state index is 0.564. The van der Waals surface area contributed by atoms with Crippen LogP contribution in [0.15, 0.2) is 84.0 Å². The van der Waals surface area contributed by atoms with Crippen molar-refractivity contribution in [2.24, 2.45) is 11.6 Å². The van der Waals surface area contributed by atoms with Crippen LogP contribution in [0, 0.1) is 6.92 Å². The Morgan fingerprint density at radius 2 is 1.83 bits per heavy atom. The largest absolute Gasteiger partial charge is 0.403 e. The maximum Gasteiger partial charge on any atom is 0.110 e. The molecule has 7 heteroatoms. The Hall–Kier alpha value is -3.19. The number of hydrazine groups is 1. The second-order valence-corrected chi connectivity index (χ2v) is 10.0. The highest BCUT2D eigenvalue weighted by Crippen LogP contribution is 2.41. The van der Waals surface area contributed by atoms with Crippen molar-refractivity contribution in [1.82, 2.24) is 9.55 Å². The fourth-order valence-electron chi connectivity index (χ4n) is 4.28. The summed E-state index contributed by atoms with van der Waals surface area (Å²) in [5.74, 6) is 8.30. The van der Waals surface area contributed by atoms with Crippen LogP contribution in [0.2, 0.25) is 5.02 Å². The lowest BCUT2D eigenvalue weighted by Crippen LogP contribution is -2.31. The fraction of sp³-hybridized carbons (Fsp3) is 0.179. The average molecular weight is 502 g/mol. The van der Waals surface area contributed by atoms with Crippen molar-refractivity contribution < 1.29 is 0 Å². The Morgan fingerprint density at radius 1 is 1.09 bits per heavy atom. The lowest BCUT2D eigenvalue weighted by Gasteiger charge is -2.26. The van der Waals surface area contributed by atoms with E-state index in [4.69, 9.17) is 28.2 Å². The molecule has 0 aliphatic heterocycles. The van der Waals surface area contributed by atoms with Crippen LogP contribution in [0.1, 0.15) is 35.8 Å². The number of nitrogens with zero attached hydrogens (tertiary/aromatic N) is 3. The predicted molar refractivity (Wildman–Crippen MR) is 148 cm³/mol. The van der Waals surface area contributed by atoms with E-state index in [0.717, 1.165) is 39.6 Å². The van der Waals surface area contributed by atoms with Crippen LogP contribution in [-0.2, 0) is 0 Å². The molecule has 5 rings (SSSR count). The zero-order valence-corrected chi connectivity index (χ0v) is 21.4. The average Bonchev–Trinajstić information content (AvgIpc) is 3.67. The normalized spacial score (nSPS) is 13.8. The predicted octanol–water partition coefficient (Wildman–Crippen LogP) is 6.74. The summed E-state index contributed by atoms with van der Waals surface area (Å²) < 4.78 is 2.13. The van der Waals surface area contributed by atoms with E-state index >= 15 is 0 Å². The Bertz CT molecular complexity index is 1390. The molecular weight excluding hydrogens is 474 g/mol. The molecule has 1 aliphatic rings. The number of imidazole rings is 1. The molecule has 178 valence electrons. The molecule has 4 aromatic rings. The number of hydrogen-bond donors (Lipinski definition) is 2. The van der Waals surface area contributed by atoms with E-state index in [2.05, 4.69) is 59.5 Å². The number of hydrogen-bond acceptors (Lipinski definition) is 5. The first-order valence-corrected chi connectivity index (χ1v) is 13.2. The number of thioether (sulfide) groups is 1. The van der Waals surface area contributed by atoms with Gasteiger partial charge in [-0.2, -0.15) is 0 Å². The highest BCUT2D eigenvalue weighted by molar-refractivity contribution is 7.98. The highest BCUT2D eigenvalue weighted by Gasteiger charge is 2.27. The van der Waals surface area contributed by atoms with Crippen LogP contribution in [-0.4, -0.2) is 15.8 Å². The summed E-state index contributed by atoms with van der Waals surface area (Å²) in [4.78, 5) is 6.04. The maximum absolute atomic E-state index is 6.80. The molecule has 3 aromatic carbocycles. The second-order valence-electron chi connectivity index (χ2n) is 8.72. The van der Waals surface area contributed by atoms with Gasteiger partial charge in [0, 0.05) is 33.8 Å². The van der Waals surface area contributed by atoms with Crippen LogP contribution in [0.3, 0.4) is 0 Å². The molecule has 0 bridgehead atoms. The van der Waals surface area contributed by atoms with Crippen molar-refractivity contribution in [3.8, 4) is 16.8 Å². The number of anilines is 1. The molecule has 0 saturated heterocycles. The first kappa shape index (κ1) is 23.5. The van der Waals surface area contributed by atoms with Crippen LogP contribution in [0.4, 0.5) is 5.69 Å². The van der Waals surface area contributed by atoms with Crippen LogP contribution in [0.5, 0.6) is 0 Å². The van der Waals surface area contributed by atoms with Gasteiger partial charge in [0.1, 0.15) is 5.82 Å². The molecule has 1 aromatic heterocycles. The zero-order chi connectivity index (χ0) is 24.5. The van der Waals surface area contributed by atoms with E-state index in [-0.39, 0.29) is 0 Å². The smallest absolute Gasteiger partial charge is 0.110 e. The summed E-state index contributed by atoms with van der Waals surface area (Å²) in [7, 11) is 0. The van der Waals surface area contributed by atoms with Gasteiger partial charge in [0.2, 0.25) is 0 Å². The van der Waals surface area contributed by atoms with Crippen molar-refractivity contribution in [3.63, 3.8) is 0 Å². The van der Waals surface area contributed by atoms with E-state index in [1.807, 2.05) is 31.2 Å². The van der Waals surface area contributed by atoms with E-state index in [1.54, 1.807) is 16.8 Å². The number of aryl methyl sites for hydroxylation is 1. The molecule has 0 amide bonds. The third kappa shape index (κ3) is 4.82. The molecule has 0 radical (unpaired) electrons. The fourth-order valence-corrected chi connectivity index (χ4v) is 4.87. The molecular formula is C28H28ClN5S. The summed E-state index contributed by atoms with van der Waals surface area (Å²) in [5.41, 5.74) is 12.8. The number of halogens is 1. The molecule has 1 heterocycles. The number of aromatic nitrogens is 2. The van der Waals surface area contributed by atoms with Crippen LogP contribution in [0.25, 0.3) is 22.5 Å². The molecule has 1 fully saturated rings. The Labute approximate surface area is 215 Å². The van der Waals surface area contributed by atoms with E-state index in [9.17, 15) is 0 Å². The van der Waals surface area contributed by atoms with Gasteiger partial charge in [-0.25, -0.2) is 10.8 Å². The molecule has 35 heavy (non-hydrogen) atoms. The summed E-state index contributed by atoms with van der Waals surface area (Å²) in [6, 6.07) is 22.4. The minimum atomic E-state index is 0.564. The highest BCUT2D eigenvalue weighted by atomic mass is 35.5. The van der Waals surface area contributed by atoms with E-state index in [1.165, 1.54) is 23.9 Å². The van der Waals surface area contributed by atoms with Gasteiger partial charge in [0.05, 0.1) is 22.8 Å². The van der Waals surface area contributed by atoms with Gasteiger partial charge in [-0.1, -0.05) is 41.9 Å². The molecule has 1 saturated carbocycles. The topological polar surface area (TPSA) is 73.1 Å². The third-order valence-corrected chi connectivity index (χ3v) is 7.33. The molecule has 0 atom stereocenters. The quantitative estimate of drug-likeness (QED) is 0.167. The lowest BCUT2D eigenvalue weighted by molar-refractivity contribution is 0.957. The third-order valence-electron chi connectivity index (χ3n) is 6.35. The lowest BCUT2D eigenvalue weighted by atomic mass is 10.0. The van der Waals surface area contributed by atoms with Crippen molar-refractivity contribution in [3.05, 3.63) is 101 Å². The van der Waals surface area contributed by atoms with Gasteiger partial charge >= 0.3 is 0 Å². The van der Waals surface area contributed by atoms with Crippen molar-refractivity contribution >= 4 is 34.7 Å². The molecule has 5 nitrogen and oxygen atoms in total. The van der Waals surface area contributed by atoms with Crippen LogP contribution >= 0.6 is 23.4 Å². The Balaban J connectivity index is 1.65. The first-order chi connectivity index (χ1) is 17.0. The van der Waals surface area contributed by atoms with Gasteiger partial charge in [-0.05, 0) is 73.5 Å². The van der Waals surface area contributed by atoms with Crippen molar-refractivity contribution in [2.45, 2.75) is 30.6 Å². The standard InChI is InChI=1S/C28H28ClN5S/c1-18-32-25(19-6-7-19)17-33(18)26-13-10-22(21-4-3-5-24(14-21)35-2)15-27(26)34(31)28(16-30)20-8-11-23(29)12-9-20/h3-5,8-17,19H,6-7,30-31H2,1-2H3/b28-16-. The number of benzene rings is 3. The summed E-state index contributed by atoms with van der Waals surface area (Å²) >= 11 is 7.84. The van der Waals surface area contributed by atoms with Crippen molar-refractivity contribution in [2.75, 3.05) is 11.3 Å². The van der Waals surface area contributed by atoms with Gasteiger partial charge in [-0.15, -0.1) is 11.8 Å². The van der Waals surface area contributed by atoms with Crippen LogP contribution < -0.4 is 16.6 Å². The number of nitrogens with two attached hydrogens (primary N) is 2. The summed E-state index contributed by atoms with van der Waals surface area (Å²) in [6.07, 6.45) is 8.16. The van der Waals surface area contributed by atoms with Gasteiger partial charge in [0.25, 0.3) is 0 Å². The van der Waals surface area contributed by atoms with E-state index in [0.29, 0.717) is 16.6 Å². The Kier molecular flexibility index (Phi) is 6.60. The van der Waals surface area contributed by atoms with Gasteiger partial charge < -0.3 is 10.3 Å². The molecule has 0 spiro atoms. The molecule has 1 aliphatic carbocycles. The Morgan fingerprint density at radius 3 is 2.51 bits per heavy atom. The first-order valence-electron chi connectivity index (χ1n) is 11.6. The SMILES string of the molecule is CSc1cccc(-c2ccc(-n3cc(C4CC4)nc3C)c(N(N)/C(=C\N)c3ccc(Cl)cc3)c2)c1. The number of rotatable bonds is 7. The van der Waals surface area contributed by atoms with E-state index < -0.39 is 0 Å². The monoisotopic (exact) mass is 501 g/mol. The zero-order valence-electron chi connectivity index (χ0n) is 19.8. The molecule has 4 N–H and O–H groups in total. The summed E-state index contributed by atoms with van der Waals surface area (Å²) in [6.45, 7) is 2.03. The minimum Gasteiger partial charge on any atom is -0.403 e. The second kappa shape index (κ2) is 9.82. The van der Waals surface area contributed by atoms with Gasteiger partial charge in [0.15, 0.2) is 0 Å². The summed E-state index contributed by atoms with van der Waals surface area (Å²) in [5, 5.41) is 2.31. The van der Waals surface area contributed by atoms with Crippen molar-refractivity contribution in [1.29, 1.82) is 0 Å². The van der Waals surface area contributed by atoms with Gasteiger partial charge in [-0.3, -0.25) is 5.01 Å².